The standard InChI is InChI=1S/C15H23N3O3/c1-4-5-12-6-11(15(20)21)7-13(18-12)16-9-14(19)17-8-10(2)3/h6-7,10H,4-5,8-9H2,1-3H3,(H,16,18)(H,17,19)(H,20,21). The number of carboxylic acid groups (broad SMARTS) is 1. The number of nitrogens with zero attached hydrogens (tertiary/aromatic N) is 1. The van der Waals surface area contributed by atoms with Gasteiger partial charge in [-0.3, -0.25) is 4.79 Å². The molecule has 1 rings (SSSR count). The molecule has 116 valence electrons. The molecule has 0 unspecified atom stereocenters. The maximum Gasteiger partial charge on any atom is 0.335 e. The summed E-state index contributed by atoms with van der Waals surface area (Å²) in [7, 11) is 0. The van der Waals surface area contributed by atoms with E-state index in [1.54, 1.807) is 6.07 Å². The molecule has 6 nitrogen and oxygen atoms in total. The van der Waals surface area contributed by atoms with Crippen molar-refractivity contribution in [2.45, 2.75) is 33.6 Å². The first-order valence-electron chi connectivity index (χ1n) is 7.17. The van der Waals surface area contributed by atoms with Crippen molar-refractivity contribution in [3.8, 4) is 0 Å². The molecular formula is C15H23N3O3. The Bertz CT molecular complexity index is 501. The van der Waals surface area contributed by atoms with E-state index in [-0.39, 0.29) is 18.0 Å². The fourth-order valence-corrected chi connectivity index (χ4v) is 1.74. The molecule has 0 spiro atoms. The molecule has 0 aliphatic heterocycles. The quantitative estimate of drug-likeness (QED) is 0.681. The summed E-state index contributed by atoms with van der Waals surface area (Å²) in [6.45, 7) is 6.73. The van der Waals surface area contributed by atoms with Crippen molar-refractivity contribution in [3.63, 3.8) is 0 Å². The third-order valence-electron chi connectivity index (χ3n) is 2.77. The van der Waals surface area contributed by atoms with Crippen LogP contribution < -0.4 is 10.6 Å². The lowest BCUT2D eigenvalue weighted by molar-refractivity contribution is -0.119. The summed E-state index contributed by atoms with van der Waals surface area (Å²) in [5.74, 6) is -0.332. The monoisotopic (exact) mass is 293 g/mol. The van der Waals surface area contributed by atoms with Crippen molar-refractivity contribution in [3.05, 3.63) is 23.4 Å². The Morgan fingerprint density at radius 1 is 1.33 bits per heavy atom. The second kappa shape index (κ2) is 8.24. The van der Waals surface area contributed by atoms with Gasteiger partial charge in [-0.2, -0.15) is 0 Å². The van der Waals surface area contributed by atoms with Gasteiger partial charge in [-0.05, 0) is 24.5 Å². The summed E-state index contributed by atoms with van der Waals surface area (Å²) in [4.78, 5) is 27.0. The van der Waals surface area contributed by atoms with Gasteiger partial charge in [0.25, 0.3) is 0 Å². The van der Waals surface area contributed by atoms with E-state index in [0.29, 0.717) is 30.4 Å². The molecule has 0 aliphatic carbocycles. The second-order valence-electron chi connectivity index (χ2n) is 5.34. The Hall–Kier alpha value is -2.11. The summed E-state index contributed by atoms with van der Waals surface area (Å²) in [6.07, 6.45) is 1.58. The van der Waals surface area contributed by atoms with E-state index >= 15 is 0 Å². The van der Waals surface area contributed by atoms with Gasteiger partial charge >= 0.3 is 5.97 Å². The van der Waals surface area contributed by atoms with Gasteiger partial charge < -0.3 is 15.7 Å². The summed E-state index contributed by atoms with van der Waals surface area (Å²) in [5.41, 5.74) is 0.890. The van der Waals surface area contributed by atoms with Crippen LogP contribution in [0.5, 0.6) is 0 Å². The number of nitrogens with one attached hydrogen (secondary N) is 2. The van der Waals surface area contributed by atoms with Crippen LogP contribution in [-0.2, 0) is 11.2 Å². The van der Waals surface area contributed by atoms with Crippen LogP contribution in [0.3, 0.4) is 0 Å². The molecule has 1 aromatic heterocycles. The molecular weight excluding hydrogens is 270 g/mol. The van der Waals surface area contributed by atoms with E-state index in [1.165, 1.54) is 6.07 Å². The van der Waals surface area contributed by atoms with Gasteiger partial charge in [-0.25, -0.2) is 9.78 Å². The van der Waals surface area contributed by atoms with E-state index in [2.05, 4.69) is 15.6 Å². The highest BCUT2D eigenvalue weighted by atomic mass is 16.4. The van der Waals surface area contributed by atoms with Crippen molar-refractivity contribution < 1.29 is 14.7 Å². The minimum Gasteiger partial charge on any atom is -0.478 e. The first-order chi connectivity index (χ1) is 9.92. The van der Waals surface area contributed by atoms with Crippen molar-refractivity contribution in [2.75, 3.05) is 18.4 Å². The van der Waals surface area contributed by atoms with E-state index in [4.69, 9.17) is 5.11 Å². The maximum absolute atomic E-state index is 11.6. The van der Waals surface area contributed by atoms with Crippen LogP contribution in [0.15, 0.2) is 12.1 Å². The maximum atomic E-state index is 11.6. The van der Waals surface area contributed by atoms with Gasteiger partial charge in [0.2, 0.25) is 5.91 Å². The average molecular weight is 293 g/mol. The number of anilines is 1. The summed E-state index contributed by atoms with van der Waals surface area (Å²) >= 11 is 0. The highest BCUT2D eigenvalue weighted by molar-refractivity contribution is 5.89. The van der Waals surface area contributed by atoms with Gasteiger partial charge in [0.15, 0.2) is 0 Å². The third-order valence-corrected chi connectivity index (χ3v) is 2.77. The zero-order valence-electron chi connectivity index (χ0n) is 12.8. The number of hydrogen-bond acceptors (Lipinski definition) is 4. The number of rotatable bonds is 8. The number of amides is 1. The predicted molar refractivity (Wildman–Crippen MR) is 81.5 cm³/mol. The minimum absolute atomic E-state index is 0.0777. The molecule has 1 heterocycles. The van der Waals surface area contributed by atoms with E-state index in [1.807, 2.05) is 20.8 Å². The SMILES string of the molecule is CCCc1cc(C(=O)O)cc(NCC(=O)NCC(C)C)n1. The Morgan fingerprint density at radius 2 is 2.05 bits per heavy atom. The largest absolute Gasteiger partial charge is 0.478 e. The lowest BCUT2D eigenvalue weighted by Gasteiger charge is -2.10. The molecule has 0 bridgehead atoms. The van der Waals surface area contributed by atoms with Crippen molar-refractivity contribution in [1.82, 2.24) is 10.3 Å². The number of carboxylic acids is 1. The Kier molecular flexibility index (Phi) is 6.65. The Morgan fingerprint density at radius 3 is 2.62 bits per heavy atom. The number of carbonyl (C=O) groups is 2. The van der Waals surface area contributed by atoms with Gasteiger partial charge in [0.1, 0.15) is 5.82 Å². The molecule has 0 aliphatic rings. The van der Waals surface area contributed by atoms with Gasteiger partial charge in [-0.15, -0.1) is 0 Å². The van der Waals surface area contributed by atoms with E-state index in [0.717, 1.165) is 6.42 Å². The molecule has 6 heteroatoms. The Labute approximate surface area is 125 Å². The number of hydrogen-bond donors (Lipinski definition) is 3. The van der Waals surface area contributed by atoms with Crippen LogP contribution in [0.4, 0.5) is 5.82 Å². The molecule has 0 radical (unpaired) electrons. The number of carbonyl (C=O) groups excluding carboxylic acids is 1. The van der Waals surface area contributed by atoms with Crippen LogP contribution in [0.1, 0.15) is 43.2 Å². The third kappa shape index (κ3) is 6.25. The minimum atomic E-state index is -0.998. The second-order valence-corrected chi connectivity index (χ2v) is 5.34. The number of aromatic carboxylic acids is 1. The van der Waals surface area contributed by atoms with Crippen LogP contribution >= 0.6 is 0 Å². The van der Waals surface area contributed by atoms with Gasteiger partial charge in [-0.1, -0.05) is 27.2 Å². The van der Waals surface area contributed by atoms with Crippen molar-refractivity contribution in [1.29, 1.82) is 0 Å². The zero-order valence-corrected chi connectivity index (χ0v) is 12.8. The molecule has 21 heavy (non-hydrogen) atoms. The van der Waals surface area contributed by atoms with Crippen molar-refractivity contribution in [2.24, 2.45) is 5.92 Å². The van der Waals surface area contributed by atoms with E-state index in [9.17, 15) is 9.59 Å². The summed E-state index contributed by atoms with van der Waals surface area (Å²) < 4.78 is 0. The number of aromatic nitrogens is 1. The lowest BCUT2D eigenvalue weighted by Crippen LogP contribution is -2.32. The highest BCUT2D eigenvalue weighted by Crippen LogP contribution is 2.12. The topological polar surface area (TPSA) is 91.3 Å². The van der Waals surface area contributed by atoms with Crippen LogP contribution in [0.25, 0.3) is 0 Å². The molecule has 1 aromatic rings. The fourth-order valence-electron chi connectivity index (χ4n) is 1.74. The Balaban J connectivity index is 2.69. The smallest absolute Gasteiger partial charge is 0.335 e. The summed E-state index contributed by atoms with van der Waals surface area (Å²) in [6, 6.07) is 3.01. The molecule has 0 saturated heterocycles. The fraction of sp³-hybridized carbons (Fsp3) is 0.533. The van der Waals surface area contributed by atoms with Crippen molar-refractivity contribution >= 4 is 17.7 Å². The first-order valence-corrected chi connectivity index (χ1v) is 7.17. The summed E-state index contributed by atoms with van der Waals surface area (Å²) in [5, 5.41) is 14.7. The highest BCUT2D eigenvalue weighted by Gasteiger charge is 2.09. The van der Waals surface area contributed by atoms with Crippen LogP contribution in [0.2, 0.25) is 0 Å². The normalized spacial score (nSPS) is 10.5. The molecule has 3 N–H and O–H groups in total. The van der Waals surface area contributed by atoms with Gasteiger partial charge in [0, 0.05) is 12.2 Å². The van der Waals surface area contributed by atoms with Gasteiger partial charge in [0.05, 0.1) is 12.1 Å². The first kappa shape index (κ1) is 16.9. The molecule has 0 aromatic carbocycles. The molecule has 0 atom stereocenters. The molecule has 1 amide bonds. The number of pyridine rings is 1. The lowest BCUT2D eigenvalue weighted by atomic mass is 10.1. The zero-order chi connectivity index (χ0) is 15.8. The molecule has 0 saturated carbocycles. The molecule has 0 fully saturated rings. The predicted octanol–water partition coefficient (Wildman–Crippen LogP) is 1.92. The average Bonchev–Trinajstić information content (AvgIpc) is 2.43. The van der Waals surface area contributed by atoms with Crippen LogP contribution in [0, 0.1) is 5.92 Å². The van der Waals surface area contributed by atoms with Crippen LogP contribution in [-0.4, -0.2) is 35.1 Å². The number of aryl methyl sites for hydroxylation is 1. The van der Waals surface area contributed by atoms with E-state index < -0.39 is 5.97 Å².